The highest BCUT2D eigenvalue weighted by Crippen LogP contribution is 2.30. The van der Waals surface area contributed by atoms with E-state index in [0.717, 1.165) is 23.2 Å². The Kier molecular flexibility index (Phi) is 3.99. The normalized spacial score (nSPS) is 13.1. The molecular formula is C18H16ClNO2. The summed E-state index contributed by atoms with van der Waals surface area (Å²) in [5.41, 5.74) is 3.49. The van der Waals surface area contributed by atoms with Crippen LogP contribution in [0, 0.1) is 0 Å². The van der Waals surface area contributed by atoms with E-state index in [0.29, 0.717) is 17.1 Å². The molecule has 0 fully saturated rings. The van der Waals surface area contributed by atoms with Crippen molar-refractivity contribution in [2.45, 2.75) is 19.8 Å². The van der Waals surface area contributed by atoms with Crippen LogP contribution in [0.2, 0.25) is 5.02 Å². The molecule has 0 bridgehead atoms. The number of halogens is 1. The molecule has 0 aliphatic carbocycles. The highest BCUT2D eigenvalue weighted by molar-refractivity contribution is 6.31. The highest BCUT2D eigenvalue weighted by Gasteiger charge is 2.25. The molecule has 22 heavy (non-hydrogen) atoms. The predicted molar refractivity (Wildman–Crippen MR) is 87.7 cm³/mol. The first kappa shape index (κ1) is 14.8. The molecule has 0 saturated heterocycles. The van der Waals surface area contributed by atoms with Crippen molar-refractivity contribution in [3.8, 4) is 0 Å². The molecule has 2 aromatic rings. The van der Waals surface area contributed by atoms with Gasteiger partial charge in [0.05, 0.1) is 6.42 Å². The molecule has 4 heteroatoms. The van der Waals surface area contributed by atoms with E-state index in [1.54, 1.807) is 24.0 Å². The molecule has 1 aliphatic rings. The maximum atomic E-state index is 12.5. The quantitative estimate of drug-likeness (QED) is 0.811. The lowest BCUT2D eigenvalue weighted by molar-refractivity contribution is -0.117. The van der Waals surface area contributed by atoms with Gasteiger partial charge in [0, 0.05) is 22.8 Å². The lowest BCUT2D eigenvalue weighted by Crippen LogP contribution is -2.30. The second kappa shape index (κ2) is 5.93. The molecule has 0 aromatic heterocycles. The van der Waals surface area contributed by atoms with Gasteiger partial charge in [0.1, 0.15) is 0 Å². The van der Waals surface area contributed by atoms with E-state index in [2.05, 4.69) is 0 Å². The number of anilines is 1. The van der Waals surface area contributed by atoms with Crippen LogP contribution in [-0.4, -0.2) is 18.2 Å². The van der Waals surface area contributed by atoms with Crippen molar-refractivity contribution in [1.29, 1.82) is 0 Å². The van der Waals surface area contributed by atoms with Crippen LogP contribution >= 0.6 is 11.6 Å². The zero-order chi connectivity index (χ0) is 15.7. The number of carbonyl (C=O) groups excluding carboxylic acids is 2. The van der Waals surface area contributed by atoms with Gasteiger partial charge in [-0.15, -0.1) is 0 Å². The summed E-state index contributed by atoms with van der Waals surface area (Å²) in [6, 6.07) is 12.9. The van der Waals surface area contributed by atoms with Crippen LogP contribution in [0.3, 0.4) is 0 Å². The van der Waals surface area contributed by atoms with Crippen molar-refractivity contribution < 1.29 is 9.59 Å². The summed E-state index contributed by atoms with van der Waals surface area (Å²) in [4.78, 5) is 25.8. The van der Waals surface area contributed by atoms with Gasteiger partial charge in [0.15, 0.2) is 5.78 Å². The van der Waals surface area contributed by atoms with E-state index in [4.69, 9.17) is 11.6 Å². The first-order valence-electron chi connectivity index (χ1n) is 7.24. The summed E-state index contributed by atoms with van der Waals surface area (Å²) in [5.74, 6) is 0.0751. The zero-order valence-corrected chi connectivity index (χ0v) is 13.1. The molecule has 3 nitrogen and oxygen atoms in total. The average molecular weight is 314 g/mol. The third kappa shape index (κ3) is 2.77. The number of hydrogen-bond acceptors (Lipinski definition) is 2. The van der Waals surface area contributed by atoms with E-state index < -0.39 is 0 Å². The standard InChI is InChI=1S/C18H16ClNO2/c1-12(21)13-6-7-17-15(10-13)8-9-20(17)18(22)11-14-4-2-3-5-16(14)19/h2-7,10H,8-9,11H2,1H3. The number of rotatable bonds is 3. The Bertz CT molecular complexity index is 755. The van der Waals surface area contributed by atoms with Crippen molar-refractivity contribution in [2.75, 3.05) is 11.4 Å². The molecule has 2 aromatic carbocycles. The van der Waals surface area contributed by atoms with Crippen LogP contribution in [0.5, 0.6) is 0 Å². The molecular weight excluding hydrogens is 298 g/mol. The topological polar surface area (TPSA) is 37.4 Å². The van der Waals surface area contributed by atoms with Gasteiger partial charge in [-0.3, -0.25) is 9.59 Å². The second-order valence-electron chi connectivity index (χ2n) is 5.46. The molecule has 0 atom stereocenters. The third-order valence-electron chi connectivity index (χ3n) is 3.98. The number of carbonyl (C=O) groups is 2. The van der Waals surface area contributed by atoms with E-state index >= 15 is 0 Å². The van der Waals surface area contributed by atoms with Crippen LogP contribution in [0.1, 0.15) is 28.4 Å². The van der Waals surface area contributed by atoms with E-state index in [-0.39, 0.29) is 18.1 Å². The number of benzene rings is 2. The first-order chi connectivity index (χ1) is 10.6. The van der Waals surface area contributed by atoms with Crippen molar-refractivity contribution in [3.05, 3.63) is 64.2 Å². The number of fused-ring (bicyclic) bond motifs is 1. The monoisotopic (exact) mass is 313 g/mol. The minimum Gasteiger partial charge on any atom is -0.312 e. The smallest absolute Gasteiger partial charge is 0.231 e. The summed E-state index contributed by atoms with van der Waals surface area (Å²) in [5, 5.41) is 0.613. The zero-order valence-electron chi connectivity index (χ0n) is 12.3. The Labute approximate surface area is 134 Å². The molecule has 0 unspecified atom stereocenters. The first-order valence-corrected chi connectivity index (χ1v) is 7.61. The van der Waals surface area contributed by atoms with Gasteiger partial charge in [-0.25, -0.2) is 0 Å². The molecule has 1 amide bonds. The van der Waals surface area contributed by atoms with Gasteiger partial charge in [-0.05, 0) is 48.7 Å². The Morgan fingerprint density at radius 1 is 1.18 bits per heavy atom. The third-order valence-corrected chi connectivity index (χ3v) is 4.35. The van der Waals surface area contributed by atoms with E-state index in [1.165, 1.54) is 0 Å². The van der Waals surface area contributed by atoms with Crippen LogP contribution in [0.15, 0.2) is 42.5 Å². The minimum absolute atomic E-state index is 0.0300. The van der Waals surface area contributed by atoms with Gasteiger partial charge in [0.2, 0.25) is 5.91 Å². The van der Waals surface area contributed by atoms with Crippen LogP contribution < -0.4 is 4.90 Å². The number of ketones is 1. The summed E-state index contributed by atoms with van der Waals surface area (Å²) in [6.45, 7) is 2.21. The Morgan fingerprint density at radius 3 is 2.68 bits per heavy atom. The fourth-order valence-electron chi connectivity index (χ4n) is 2.78. The van der Waals surface area contributed by atoms with E-state index in [1.807, 2.05) is 30.3 Å². The average Bonchev–Trinajstić information content (AvgIpc) is 2.92. The van der Waals surface area contributed by atoms with Crippen LogP contribution in [0.4, 0.5) is 5.69 Å². The fraction of sp³-hybridized carbons (Fsp3) is 0.222. The van der Waals surface area contributed by atoms with Crippen molar-refractivity contribution in [2.24, 2.45) is 0 Å². The van der Waals surface area contributed by atoms with Gasteiger partial charge in [-0.1, -0.05) is 29.8 Å². The fourth-order valence-corrected chi connectivity index (χ4v) is 2.98. The number of amides is 1. The summed E-state index contributed by atoms with van der Waals surface area (Å²) in [6.07, 6.45) is 1.07. The SMILES string of the molecule is CC(=O)c1ccc2c(c1)CCN2C(=O)Cc1ccccc1Cl. The number of nitrogens with zero attached hydrogens (tertiary/aromatic N) is 1. The Morgan fingerprint density at radius 2 is 1.95 bits per heavy atom. The van der Waals surface area contributed by atoms with Gasteiger partial charge < -0.3 is 4.90 Å². The summed E-state index contributed by atoms with van der Waals surface area (Å²) < 4.78 is 0. The molecule has 0 spiro atoms. The maximum absolute atomic E-state index is 12.5. The summed E-state index contributed by atoms with van der Waals surface area (Å²) in [7, 11) is 0. The molecule has 3 rings (SSSR count). The van der Waals surface area contributed by atoms with Gasteiger partial charge >= 0.3 is 0 Å². The molecule has 112 valence electrons. The lowest BCUT2D eigenvalue weighted by atomic mass is 10.1. The Balaban J connectivity index is 1.82. The number of Topliss-reactive ketones (excluding diaryl/α,β-unsaturated/α-hetero) is 1. The number of hydrogen-bond donors (Lipinski definition) is 0. The van der Waals surface area contributed by atoms with E-state index in [9.17, 15) is 9.59 Å². The van der Waals surface area contributed by atoms with Crippen molar-refractivity contribution in [1.82, 2.24) is 0 Å². The summed E-state index contributed by atoms with van der Waals surface area (Å²) >= 11 is 6.12. The van der Waals surface area contributed by atoms with Crippen molar-refractivity contribution >= 4 is 29.0 Å². The van der Waals surface area contributed by atoms with Gasteiger partial charge in [0.25, 0.3) is 0 Å². The Hall–Kier alpha value is -2.13. The van der Waals surface area contributed by atoms with Gasteiger partial charge in [-0.2, -0.15) is 0 Å². The predicted octanol–water partition coefficient (Wildman–Crippen LogP) is 3.67. The van der Waals surface area contributed by atoms with Crippen LogP contribution in [0.25, 0.3) is 0 Å². The lowest BCUT2D eigenvalue weighted by Gasteiger charge is -2.18. The molecule has 0 N–H and O–H groups in total. The largest absolute Gasteiger partial charge is 0.312 e. The molecule has 0 radical (unpaired) electrons. The molecule has 0 saturated carbocycles. The minimum atomic E-state index is 0.0300. The molecule has 1 heterocycles. The second-order valence-corrected chi connectivity index (χ2v) is 5.87. The molecule has 1 aliphatic heterocycles. The maximum Gasteiger partial charge on any atom is 0.231 e. The highest BCUT2D eigenvalue weighted by atomic mass is 35.5. The van der Waals surface area contributed by atoms with Crippen LogP contribution in [-0.2, 0) is 17.6 Å². The van der Waals surface area contributed by atoms with Crippen molar-refractivity contribution in [3.63, 3.8) is 0 Å².